The number of benzene rings is 3. The second kappa shape index (κ2) is 8.90. The molecule has 0 unspecified atom stereocenters. The minimum Gasteiger partial charge on any atom is -0.496 e. The van der Waals surface area contributed by atoms with Crippen LogP contribution in [0.2, 0.25) is 0 Å². The lowest BCUT2D eigenvalue weighted by Crippen LogP contribution is -2.29. The van der Waals surface area contributed by atoms with E-state index in [2.05, 4.69) is 10.1 Å². The predicted octanol–water partition coefficient (Wildman–Crippen LogP) is 4.60. The van der Waals surface area contributed by atoms with E-state index in [0.717, 1.165) is 17.7 Å². The van der Waals surface area contributed by atoms with Crippen molar-refractivity contribution in [3.63, 3.8) is 0 Å². The van der Waals surface area contributed by atoms with Gasteiger partial charge >= 0.3 is 6.36 Å². The van der Waals surface area contributed by atoms with Crippen molar-refractivity contribution in [2.45, 2.75) is 17.7 Å². The molecule has 0 spiro atoms. The molecule has 3 aromatic rings. The number of hydrogen-bond acceptors (Lipinski definition) is 5. The SMILES string of the molecule is COc1ccc(S(=O)(=O)N2CCc3ccccc32)cc1C(=O)Nc1ccccc1OC(F)(F)F. The van der Waals surface area contributed by atoms with Crippen LogP contribution in [0.3, 0.4) is 0 Å². The molecule has 0 saturated heterocycles. The third-order valence-electron chi connectivity index (χ3n) is 5.21. The Hall–Kier alpha value is -3.73. The van der Waals surface area contributed by atoms with Crippen molar-refractivity contribution in [3.05, 3.63) is 77.9 Å². The Balaban J connectivity index is 1.67. The number of rotatable bonds is 6. The van der Waals surface area contributed by atoms with Crippen molar-refractivity contribution in [1.29, 1.82) is 0 Å². The monoisotopic (exact) mass is 492 g/mol. The molecule has 7 nitrogen and oxygen atoms in total. The molecular formula is C23H19F3N2O5S. The lowest BCUT2D eigenvalue weighted by Gasteiger charge is -2.20. The predicted molar refractivity (Wildman–Crippen MR) is 119 cm³/mol. The number of para-hydroxylation sites is 3. The van der Waals surface area contributed by atoms with Crippen LogP contribution in [0.4, 0.5) is 24.5 Å². The molecule has 34 heavy (non-hydrogen) atoms. The smallest absolute Gasteiger partial charge is 0.496 e. The van der Waals surface area contributed by atoms with E-state index in [9.17, 15) is 26.4 Å². The molecule has 1 N–H and O–H groups in total. The number of anilines is 2. The van der Waals surface area contributed by atoms with Crippen molar-refractivity contribution in [2.24, 2.45) is 0 Å². The van der Waals surface area contributed by atoms with Crippen LogP contribution in [0.1, 0.15) is 15.9 Å². The van der Waals surface area contributed by atoms with Gasteiger partial charge in [0.15, 0.2) is 5.75 Å². The second-order valence-electron chi connectivity index (χ2n) is 7.32. The summed E-state index contributed by atoms with van der Waals surface area (Å²) in [5, 5.41) is 2.34. The van der Waals surface area contributed by atoms with Gasteiger partial charge in [0.1, 0.15) is 5.75 Å². The zero-order valence-electron chi connectivity index (χ0n) is 17.8. The maximum Gasteiger partial charge on any atom is 0.573 e. The topological polar surface area (TPSA) is 84.9 Å². The van der Waals surface area contributed by atoms with E-state index < -0.39 is 28.0 Å². The molecule has 11 heteroatoms. The van der Waals surface area contributed by atoms with Gasteiger partial charge in [-0.2, -0.15) is 0 Å². The number of amides is 1. The zero-order valence-corrected chi connectivity index (χ0v) is 18.6. The number of nitrogens with one attached hydrogen (secondary N) is 1. The summed E-state index contributed by atoms with van der Waals surface area (Å²) in [6.07, 6.45) is -4.41. The molecule has 4 rings (SSSR count). The van der Waals surface area contributed by atoms with Crippen LogP contribution in [-0.4, -0.2) is 34.3 Å². The van der Waals surface area contributed by atoms with Crippen LogP contribution in [0.5, 0.6) is 11.5 Å². The van der Waals surface area contributed by atoms with Crippen LogP contribution >= 0.6 is 0 Å². The Labute approximate surface area is 193 Å². The Morgan fingerprint density at radius 3 is 2.44 bits per heavy atom. The van der Waals surface area contributed by atoms with Gasteiger partial charge < -0.3 is 14.8 Å². The summed E-state index contributed by atoms with van der Waals surface area (Å²) in [7, 11) is -2.72. The van der Waals surface area contributed by atoms with Gasteiger partial charge in [-0.1, -0.05) is 30.3 Å². The molecule has 0 fully saturated rings. The van der Waals surface area contributed by atoms with E-state index in [1.165, 1.54) is 41.7 Å². The fraction of sp³-hybridized carbons (Fsp3) is 0.174. The van der Waals surface area contributed by atoms with E-state index in [-0.39, 0.29) is 28.4 Å². The number of halogens is 3. The molecule has 0 radical (unpaired) electrons. The zero-order chi connectivity index (χ0) is 24.5. The van der Waals surface area contributed by atoms with Gasteiger partial charge in [-0.25, -0.2) is 8.42 Å². The maximum absolute atomic E-state index is 13.3. The number of alkyl halides is 3. The summed E-state index contributed by atoms with van der Waals surface area (Å²) >= 11 is 0. The van der Waals surface area contributed by atoms with E-state index in [0.29, 0.717) is 12.1 Å². The van der Waals surface area contributed by atoms with Gasteiger partial charge in [-0.15, -0.1) is 13.2 Å². The Bertz CT molecular complexity index is 1340. The number of ether oxygens (including phenoxy) is 2. The summed E-state index contributed by atoms with van der Waals surface area (Å²) in [4.78, 5) is 12.8. The normalized spacial score (nSPS) is 13.4. The number of carbonyl (C=O) groups excluding carboxylic acids is 1. The minimum absolute atomic E-state index is 0.0486. The maximum atomic E-state index is 13.3. The highest BCUT2D eigenvalue weighted by atomic mass is 32.2. The van der Waals surface area contributed by atoms with Crippen molar-refractivity contribution >= 4 is 27.3 Å². The molecule has 1 aliphatic rings. The summed E-state index contributed by atoms with van der Waals surface area (Å²) in [5.74, 6) is -1.43. The minimum atomic E-state index is -4.96. The molecule has 0 aromatic heterocycles. The van der Waals surface area contributed by atoms with Gasteiger partial charge in [-0.05, 0) is 48.4 Å². The van der Waals surface area contributed by atoms with Gasteiger partial charge in [-0.3, -0.25) is 9.10 Å². The molecule has 1 amide bonds. The first-order valence-electron chi connectivity index (χ1n) is 10.0. The molecule has 0 aliphatic carbocycles. The van der Waals surface area contributed by atoms with E-state index in [4.69, 9.17) is 4.74 Å². The van der Waals surface area contributed by atoms with Gasteiger partial charge in [0.05, 0.1) is 28.9 Å². The highest BCUT2D eigenvalue weighted by Gasteiger charge is 2.33. The molecule has 178 valence electrons. The first-order chi connectivity index (χ1) is 16.1. The van der Waals surface area contributed by atoms with Crippen molar-refractivity contribution in [1.82, 2.24) is 0 Å². The highest BCUT2D eigenvalue weighted by molar-refractivity contribution is 7.92. The van der Waals surface area contributed by atoms with E-state index in [1.807, 2.05) is 12.1 Å². The Morgan fingerprint density at radius 1 is 1.00 bits per heavy atom. The fourth-order valence-corrected chi connectivity index (χ4v) is 5.21. The van der Waals surface area contributed by atoms with Crippen LogP contribution in [0.15, 0.2) is 71.6 Å². The standard InChI is InChI=1S/C23H19F3N2O5S/c1-32-20-11-10-16(34(30,31)28-13-12-15-6-2-4-8-19(15)28)14-17(20)22(29)27-18-7-3-5-9-21(18)33-23(24,25)26/h2-11,14H,12-13H2,1H3,(H,27,29). The second-order valence-corrected chi connectivity index (χ2v) is 9.18. The Kier molecular flexibility index (Phi) is 6.13. The van der Waals surface area contributed by atoms with Gasteiger partial charge in [0, 0.05) is 6.54 Å². The quantitative estimate of drug-likeness (QED) is 0.544. The van der Waals surface area contributed by atoms with Crippen molar-refractivity contribution in [3.8, 4) is 11.5 Å². The first kappa shape index (κ1) is 23.4. The van der Waals surface area contributed by atoms with Crippen LogP contribution < -0.4 is 19.1 Å². The van der Waals surface area contributed by atoms with Gasteiger partial charge in [0.25, 0.3) is 15.9 Å². The molecule has 1 aliphatic heterocycles. The molecule has 3 aromatic carbocycles. The van der Waals surface area contributed by atoms with Crippen LogP contribution in [0.25, 0.3) is 0 Å². The van der Waals surface area contributed by atoms with E-state index >= 15 is 0 Å². The number of hydrogen-bond donors (Lipinski definition) is 1. The third-order valence-corrected chi connectivity index (χ3v) is 7.02. The number of fused-ring (bicyclic) bond motifs is 1. The lowest BCUT2D eigenvalue weighted by atomic mass is 10.1. The largest absolute Gasteiger partial charge is 0.573 e. The highest BCUT2D eigenvalue weighted by Crippen LogP contribution is 2.35. The van der Waals surface area contributed by atoms with E-state index in [1.54, 1.807) is 12.1 Å². The molecule has 0 atom stereocenters. The van der Waals surface area contributed by atoms with Gasteiger partial charge in [0.2, 0.25) is 0 Å². The summed E-state index contributed by atoms with van der Waals surface area (Å²) in [6, 6.07) is 15.9. The molecule has 0 saturated carbocycles. The van der Waals surface area contributed by atoms with Crippen molar-refractivity contribution in [2.75, 3.05) is 23.3 Å². The average molecular weight is 492 g/mol. The third kappa shape index (κ3) is 4.65. The first-order valence-corrected chi connectivity index (χ1v) is 11.5. The van der Waals surface area contributed by atoms with Crippen molar-refractivity contribution < 1.29 is 35.9 Å². The molecular weight excluding hydrogens is 473 g/mol. The number of methoxy groups -OCH3 is 1. The fourth-order valence-electron chi connectivity index (χ4n) is 3.68. The summed E-state index contributed by atoms with van der Waals surface area (Å²) in [5.41, 5.74) is 1.04. The van der Waals surface area contributed by atoms with Crippen LogP contribution in [-0.2, 0) is 16.4 Å². The molecule has 0 bridgehead atoms. The van der Waals surface area contributed by atoms with Crippen LogP contribution in [0, 0.1) is 0 Å². The summed E-state index contributed by atoms with van der Waals surface area (Å²) < 4.78 is 75.2. The summed E-state index contributed by atoms with van der Waals surface area (Å²) in [6.45, 7) is 0.247. The Morgan fingerprint density at radius 2 is 1.71 bits per heavy atom. The number of carbonyl (C=O) groups is 1. The number of nitrogens with zero attached hydrogens (tertiary/aromatic N) is 1. The average Bonchev–Trinajstić information content (AvgIpc) is 3.24. The number of sulfonamides is 1. The lowest BCUT2D eigenvalue weighted by molar-refractivity contribution is -0.274. The molecule has 1 heterocycles.